The number of rotatable bonds is 5. The number of aryl methyl sites for hydroxylation is 1. The van der Waals surface area contributed by atoms with Crippen molar-refractivity contribution < 1.29 is 14.0 Å². The van der Waals surface area contributed by atoms with E-state index in [4.69, 9.17) is 4.98 Å². The largest absolute Gasteiger partial charge is 0.326 e. The summed E-state index contributed by atoms with van der Waals surface area (Å²) in [5.74, 6) is -1.39. The zero-order valence-corrected chi connectivity index (χ0v) is 18.9. The third-order valence-electron chi connectivity index (χ3n) is 4.83. The third-order valence-corrected chi connectivity index (χ3v) is 5.85. The van der Waals surface area contributed by atoms with Crippen molar-refractivity contribution in [2.24, 2.45) is 0 Å². The number of nitrogens with one attached hydrogen (secondary N) is 2. The summed E-state index contributed by atoms with van der Waals surface area (Å²) in [6, 6.07) is 9.71. The van der Waals surface area contributed by atoms with Gasteiger partial charge in [0.15, 0.2) is 5.65 Å². The van der Waals surface area contributed by atoms with Crippen molar-refractivity contribution in [2.45, 2.75) is 33.7 Å². The van der Waals surface area contributed by atoms with Crippen LogP contribution in [0, 0.1) is 12.7 Å². The van der Waals surface area contributed by atoms with E-state index in [0.29, 0.717) is 28.0 Å². The Kier molecular flexibility index (Phi) is 5.75. The van der Waals surface area contributed by atoms with Gasteiger partial charge in [-0.2, -0.15) is 5.10 Å². The summed E-state index contributed by atoms with van der Waals surface area (Å²) < 4.78 is 16.2. The molecule has 0 atom stereocenters. The summed E-state index contributed by atoms with van der Waals surface area (Å²) >= 11 is 1.58. The molecule has 4 aromatic rings. The summed E-state index contributed by atoms with van der Waals surface area (Å²) in [5.41, 5.74) is 1.93. The van der Waals surface area contributed by atoms with Crippen LogP contribution in [0.2, 0.25) is 0 Å². The molecule has 4 rings (SSSR count). The summed E-state index contributed by atoms with van der Waals surface area (Å²) in [6.07, 6.45) is 1.60. The van der Waals surface area contributed by atoms with E-state index in [1.54, 1.807) is 28.3 Å². The topological polar surface area (TPSA) is 88.9 Å². The second-order valence-corrected chi connectivity index (χ2v) is 9.00. The highest BCUT2D eigenvalue weighted by Crippen LogP contribution is 2.31. The standard InChI is InChI=1S/C23H22FN5O2S/c1-12(2)29-22-17(11-25-29)16(10-20(27-22)21-8-5-13(3)32-21)23(31)28-19-9-15(26-14(4)30)6-7-18(19)24/h5-12H,1-4H3,(H,26,30)(H,28,31). The molecule has 7 nitrogen and oxygen atoms in total. The quantitative estimate of drug-likeness (QED) is 0.425. The van der Waals surface area contributed by atoms with Gasteiger partial charge in [0.05, 0.1) is 33.4 Å². The second-order valence-electron chi connectivity index (χ2n) is 7.72. The van der Waals surface area contributed by atoms with Gasteiger partial charge in [0, 0.05) is 23.5 Å². The highest BCUT2D eigenvalue weighted by Gasteiger charge is 2.20. The van der Waals surface area contributed by atoms with Crippen LogP contribution >= 0.6 is 11.3 Å². The van der Waals surface area contributed by atoms with Crippen LogP contribution in [0.3, 0.4) is 0 Å². The number of pyridine rings is 1. The minimum absolute atomic E-state index is 0.0315. The van der Waals surface area contributed by atoms with Crippen molar-refractivity contribution in [3.8, 4) is 10.6 Å². The Labute approximate surface area is 188 Å². The molecule has 0 aliphatic heterocycles. The maximum absolute atomic E-state index is 14.4. The molecule has 3 heterocycles. The highest BCUT2D eigenvalue weighted by atomic mass is 32.1. The normalized spacial score (nSPS) is 11.2. The van der Waals surface area contributed by atoms with Crippen LogP contribution in [0.1, 0.15) is 42.0 Å². The van der Waals surface area contributed by atoms with Crippen molar-refractivity contribution in [3.05, 3.63) is 58.9 Å². The molecule has 0 aliphatic rings. The summed E-state index contributed by atoms with van der Waals surface area (Å²) in [5, 5.41) is 10.2. The first-order valence-electron chi connectivity index (χ1n) is 10.1. The Balaban J connectivity index is 1.79. The van der Waals surface area contributed by atoms with Crippen molar-refractivity contribution in [3.63, 3.8) is 0 Å². The average molecular weight is 452 g/mol. The van der Waals surface area contributed by atoms with Crippen LogP contribution in [-0.2, 0) is 4.79 Å². The van der Waals surface area contributed by atoms with Gasteiger partial charge in [0.25, 0.3) is 5.91 Å². The van der Waals surface area contributed by atoms with Crippen molar-refractivity contribution in [1.29, 1.82) is 0 Å². The van der Waals surface area contributed by atoms with Gasteiger partial charge in [-0.1, -0.05) is 0 Å². The Morgan fingerprint density at radius 3 is 2.56 bits per heavy atom. The molecule has 0 radical (unpaired) electrons. The first-order valence-corrected chi connectivity index (χ1v) is 10.9. The molecular formula is C23H22FN5O2S. The van der Waals surface area contributed by atoms with E-state index < -0.39 is 11.7 Å². The number of aromatic nitrogens is 3. The van der Waals surface area contributed by atoms with Gasteiger partial charge in [0.1, 0.15) is 5.82 Å². The van der Waals surface area contributed by atoms with Crippen molar-refractivity contribution >= 4 is 45.6 Å². The van der Waals surface area contributed by atoms with Crippen LogP contribution < -0.4 is 10.6 Å². The molecular weight excluding hydrogens is 429 g/mol. The van der Waals surface area contributed by atoms with Crippen LogP contribution in [0.4, 0.5) is 15.8 Å². The summed E-state index contributed by atoms with van der Waals surface area (Å²) in [7, 11) is 0. The Hall–Kier alpha value is -3.59. The fourth-order valence-corrected chi connectivity index (χ4v) is 4.20. The summed E-state index contributed by atoms with van der Waals surface area (Å²) in [4.78, 5) is 31.4. The predicted octanol–water partition coefficient (Wildman–Crippen LogP) is 5.40. The van der Waals surface area contributed by atoms with Gasteiger partial charge in [-0.15, -0.1) is 11.3 Å². The number of benzene rings is 1. The molecule has 0 saturated carbocycles. The van der Waals surface area contributed by atoms with Gasteiger partial charge >= 0.3 is 0 Å². The van der Waals surface area contributed by atoms with Crippen LogP contribution in [0.25, 0.3) is 21.6 Å². The smallest absolute Gasteiger partial charge is 0.256 e. The lowest BCUT2D eigenvalue weighted by Crippen LogP contribution is -2.15. The van der Waals surface area contributed by atoms with E-state index >= 15 is 0 Å². The number of carbonyl (C=O) groups is 2. The Morgan fingerprint density at radius 2 is 1.91 bits per heavy atom. The molecule has 9 heteroatoms. The Bertz CT molecular complexity index is 1340. The molecule has 32 heavy (non-hydrogen) atoms. The maximum atomic E-state index is 14.4. The number of fused-ring (bicyclic) bond motifs is 1. The molecule has 164 valence electrons. The number of halogens is 1. The number of thiophene rings is 1. The molecule has 0 spiro atoms. The van der Waals surface area contributed by atoms with E-state index in [9.17, 15) is 14.0 Å². The molecule has 0 unspecified atom stereocenters. The van der Waals surface area contributed by atoms with Crippen molar-refractivity contribution in [1.82, 2.24) is 14.8 Å². The fourth-order valence-electron chi connectivity index (χ4n) is 3.37. The maximum Gasteiger partial charge on any atom is 0.256 e. The molecule has 1 aromatic carbocycles. The van der Waals surface area contributed by atoms with E-state index in [0.717, 1.165) is 9.75 Å². The first-order chi connectivity index (χ1) is 15.2. The number of carbonyl (C=O) groups excluding carboxylic acids is 2. The molecule has 3 aromatic heterocycles. The molecule has 0 fully saturated rings. The lowest BCUT2D eigenvalue weighted by atomic mass is 10.1. The molecule has 2 N–H and O–H groups in total. The minimum Gasteiger partial charge on any atom is -0.326 e. The fraction of sp³-hybridized carbons (Fsp3) is 0.217. The number of nitrogens with zero attached hydrogens (tertiary/aromatic N) is 3. The molecule has 0 saturated heterocycles. The molecule has 2 amide bonds. The van der Waals surface area contributed by atoms with E-state index in [2.05, 4.69) is 15.7 Å². The van der Waals surface area contributed by atoms with Crippen molar-refractivity contribution in [2.75, 3.05) is 10.6 Å². The number of hydrogen-bond acceptors (Lipinski definition) is 5. The third kappa shape index (κ3) is 4.24. The van der Waals surface area contributed by atoms with Gasteiger partial charge < -0.3 is 10.6 Å². The van der Waals surface area contributed by atoms with E-state index in [1.165, 1.54) is 25.1 Å². The predicted molar refractivity (Wildman–Crippen MR) is 125 cm³/mol. The van der Waals surface area contributed by atoms with Gasteiger partial charge in [-0.25, -0.2) is 14.1 Å². The number of hydrogen-bond donors (Lipinski definition) is 2. The van der Waals surface area contributed by atoms with Gasteiger partial charge in [-0.05, 0) is 57.2 Å². The zero-order valence-electron chi connectivity index (χ0n) is 18.1. The van der Waals surface area contributed by atoms with Gasteiger partial charge in [0.2, 0.25) is 5.91 Å². The summed E-state index contributed by atoms with van der Waals surface area (Å²) in [6.45, 7) is 7.33. The van der Waals surface area contributed by atoms with Crippen LogP contribution in [0.15, 0.2) is 42.6 Å². The first kappa shape index (κ1) is 21.6. The van der Waals surface area contributed by atoms with E-state index in [-0.39, 0.29) is 17.6 Å². The Morgan fingerprint density at radius 1 is 1.12 bits per heavy atom. The lowest BCUT2D eigenvalue weighted by molar-refractivity contribution is -0.114. The van der Waals surface area contributed by atoms with Crippen LogP contribution in [-0.4, -0.2) is 26.6 Å². The van der Waals surface area contributed by atoms with Crippen LogP contribution in [0.5, 0.6) is 0 Å². The average Bonchev–Trinajstić information content (AvgIpc) is 3.35. The lowest BCUT2D eigenvalue weighted by Gasteiger charge is -2.12. The monoisotopic (exact) mass is 451 g/mol. The number of anilines is 2. The number of amides is 2. The molecule has 0 bridgehead atoms. The SMILES string of the molecule is CC(=O)Nc1ccc(F)c(NC(=O)c2cc(-c3ccc(C)s3)nc3c2cnn3C(C)C)c1. The molecule has 0 aliphatic carbocycles. The highest BCUT2D eigenvalue weighted by molar-refractivity contribution is 7.15. The van der Waals surface area contributed by atoms with Gasteiger partial charge in [-0.3, -0.25) is 9.59 Å². The van der Waals surface area contributed by atoms with E-state index in [1.807, 2.05) is 32.9 Å². The zero-order chi connectivity index (χ0) is 23.0. The second kappa shape index (κ2) is 8.51. The minimum atomic E-state index is -0.607.